The Morgan fingerprint density at radius 3 is 3.00 bits per heavy atom. The summed E-state index contributed by atoms with van der Waals surface area (Å²) in [7, 11) is 0. The summed E-state index contributed by atoms with van der Waals surface area (Å²) in [6, 6.07) is 0. The van der Waals surface area contributed by atoms with E-state index in [4.69, 9.17) is 5.11 Å². The maximum Gasteiger partial charge on any atom is 0.328 e. The van der Waals surface area contributed by atoms with E-state index in [-0.39, 0.29) is 5.91 Å². The average molecular weight is 198 g/mol. The summed E-state index contributed by atoms with van der Waals surface area (Å²) in [4.78, 5) is 23.3. The second kappa shape index (κ2) is 4.76. The Morgan fingerprint density at radius 2 is 2.43 bits per heavy atom. The van der Waals surface area contributed by atoms with Gasteiger partial charge in [-0.05, 0) is 6.92 Å². The quantitative estimate of drug-likeness (QED) is 0.597. The third-order valence-electron chi connectivity index (χ3n) is 1.96. The van der Waals surface area contributed by atoms with Crippen LogP contribution in [0.4, 0.5) is 0 Å². The van der Waals surface area contributed by atoms with Crippen molar-refractivity contribution in [3.63, 3.8) is 0 Å². The summed E-state index contributed by atoms with van der Waals surface area (Å²) in [5, 5.41) is 11.2. The molecule has 5 nitrogen and oxygen atoms in total. The zero-order valence-electron chi connectivity index (χ0n) is 8.12. The molecular weight excluding hydrogens is 184 g/mol. The number of aliphatic carboxylic acids is 1. The summed E-state index contributed by atoms with van der Waals surface area (Å²) in [5.74, 6) is -0.941. The fourth-order valence-electron chi connectivity index (χ4n) is 1.44. The minimum Gasteiger partial charge on any atom is -0.478 e. The molecular formula is C9H14N2O3. The highest BCUT2D eigenvalue weighted by molar-refractivity contribution is 5.81. The van der Waals surface area contributed by atoms with E-state index in [2.05, 4.69) is 5.32 Å². The molecule has 0 aromatic heterocycles. The number of carbonyl (C=O) groups excluding carboxylic acids is 1. The molecule has 0 aromatic rings. The van der Waals surface area contributed by atoms with Gasteiger partial charge in [-0.1, -0.05) is 5.57 Å². The molecule has 2 N–H and O–H groups in total. The van der Waals surface area contributed by atoms with E-state index in [1.807, 2.05) is 4.90 Å². The molecule has 0 bridgehead atoms. The van der Waals surface area contributed by atoms with Gasteiger partial charge in [-0.3, -0.25) is 9.69 Å². The van der Waals surface area contributed by atoms with Gasteiger partial charge in [0, 0.05) is 25.7 Å². The standard InChI is InChI=1S/C9H14N2O3/c1-7(4-9(13)14)5-11-3-2-10-8(12)6-11/h4H,2-3,5-6H2,1H3,(H,10,12)(H,13,14). The van der Waals surface area contributed by atoms with Crippen LogP contribution in [0.2, 0.25) is 0 Å². The van der Waals surface area contributed by atoms with Crippen LogP contribution in [-0.4, -0.2) is 48.1 Å². The van der Waals surface area contributed by atoms with Crippen molar-refractivity contribution in [3.05, 3.63) is 11.6 Å². The SMILES string of the molecule is CC(=CC(=O)O)CN1CCNC(=O)C1. The first-order valence-corrected chi connectivity index (χ1v) is 4.47. The Kier molecular flexibility index (Phi) is 3.64. The lowest BCUT2D eigenvalue weighted by Crippen LogP contribution is -2.47. The van der Waals surface area contributed by atoms with E-state index in [9.17, 15) is 9.59 Å². The molecule has 1 rings (SSSR count). The van der Waals surface area contributed by atoms with Crippen molar-refractivity contribution in [2.75, 3.05) is 26.2 Å². The van der Waals surface area contributed by atoms with Gasteiger partial charge in [-0.15, -0.1) is 0 Å². The highest BCUT2D eigenvalue weighted by Crippen LogP contribution is 2.00. The normalized spacial score (nSPS) is 19.2. The molecule has 0 spiro atoms. The van der Waals surface area contributed by atoms with Crippen LogP contribution in [0.15, 0.2) is 11.6 Å². The molecule has 1 aliphatic heterocycles. The van der Waals surface area contributed by atoms with Gasteiger partial charge in [-0.25, -0.2) is 4.79 Å². The third-order valence-corrected chi connectivity index (χ3v) is 1.96. The minimum absolute atomic E-state index is 0.000579. The molecule has 1 saturated heterocycles. The van der Waals surface area contributed by atoms with Gasteiger partial charge in [0.15, 0.2) is 0 Å². The third kappa shape index (κ3) is 3.57. The fourth-order valence-corrected chi connectivity index (χ4v) is 1.44. The van der Waals surface area contributed by atoms with Crippen molar-refractivity contribution < 1.29 is 14.7 Å². The lowest BCUT2D eigenvalue weighted by molar-refractivity contribution is -0.131. The number of carboxylic acids is 1. The molecule has 5 heteroatoms. The van der Waals surface area contributed by atoms with Gasteiger partial charge in [0.2, 0.25) is 5.91 Å². The van der Waals surface area contributed by atoms with E-state index in [0.717, 1.165) is 12.1 Å². The maximum atomic E-state index is 11.0. The lowest BCUT2D eigenvalue weighted by Gasteiger charge is -2.26. The molecule has 1 amide bonds. The second-order valence-electron chi connectivity index (χ2n) is 3.39. The molecule has 0 saturated carbocycles. The van der Waals surface area contributed by atoms with E-state index in [1.165, 1.54) is 6.08 Å². The van der Waals surface area contributed by atoms with Gasteiger partial charge < -0.3 is 10.4 Å². The van der Waals surface area contributed by atoms with Crippen molar-refractivity contribution in [1.82, 2.24) is 10.2 Å². The summed E-state index contributed by atoms with van der Waals surface area (Å²) in [5.41, 5.74) is 0.757. The van der Waals surface area contributed by atoms with Crippen molar-refractivity contribution in [2.45, 2.75) is 6.92 Å². The Morgan fingerprint density at radius 1 is 1.71 bits per heavy atom. The first-order valence-electron chi connectivity index (χ1n) is 4.47. The summed E-state index contributed by atoms with van der Waals surface area (Å²) >= 11 is 0. The smallest absolute Gasteiger partial charge is 0.328 e. The van der Waals surface area contributed by atoms with E-state index in [1.54, 1.807) is 6.92 Å². The van der Waals surface area contributed by atoms with Crippen molar-refractivity contribution in [2.24, 2.45) is 0 Å². The van der Waals surface area contributed by atoms with Crippen molar-refractivity contribution in [3.8, 4) is 0 Å². The van der Waals surface area contributed by atoms with Crippen LogP contribution in [0.3, 0.4) is 0 Å². The van der Waals surface area contributed by atoms with Gasteiger partial charge >= 0.3 is 5.97 Å². The second-order valence-corrected chi connectivity index (χ2v) is 3.39. The molecule has 1 fully saturated rings. The van der Waals surface area contributed by atoms with Crippen LogP contribution >= 0.6 is 0 Å². The first kappa shape index (κ1) is 10.7. The molecule has 1 heterocycles. The number of amides is 1. The Labute approximate surface area is 82.4 Å². The zero-order chi connectivity index (χ0) is 10.6. The molecule has 0 unspecified atom stereocenters. The fraction of sp³-hybridized carbons (Fsp3) is 0.556. The minimum atomic E-state index is -0.941. The number of hydrogen-bond acceptors (Lipinski definition) is 3. The molecule has 0 atom stereocenters. The van der Waals surface area contributed by atoms with E-state index in [0.29, 0.717) is 19.6 Å². The molecule has 0 aliphatic carbocycles. The topological polar surface area (TPSA) is 69.6 Å². The Hall–Kier alpha value is -1.36. The average Bonchev–Trinajstić information content (AvgIpc) is 2.01. The van der Waals surface area contributed by atoms with E-state index < -0.39 is 5.97 Å². The van der Waals surface area contributed by atoms with Crippen molar-refractivity contribution >= 4 is 11.9 Å². The number of carbonyl (C=O) groups is 2. The predicted octanol–water partition coefficient (Wildman–Crippen LogP) is -0.551. The number of nitrogens with zero attached hydrogens (tertiary/aromatic N) is 1. The number of nitrogens with one attached hydrogen (secondary N) is 1. The summed E-state index contributed by atoms with van der Waals surface area (Å²) in [6.45, 7) is 4.06. The first-order chi connectivity index (χ1) is 6.58. The van der Waals surface area contributed by atoms with Crippen LogP contribution in [0.5, 0.6) is 0 Å². The molecule has 1 aliphatic rings. The Balaban J connectivity index is 2.43. The highest BCUT2D eigenvalue weighted by Gasteiger charge is 2.15. The predicted molar refractivity (Wildman–Crippen MR) is 50.8 cm³/mol. The maximum absolute atomic E-state index is 11.0. The van der Waals surface area contributed by atoms with Crippen LogP contribution < -0.4 is 5.32 Å². The van der Waals surface area contributed by atoms with Gasteiger partial charge in [0.25, 0.3) is 0 Å². The lowest BCUT2D eigenvalue weighted by atomic mass is 10.2. The summed E-state index contributed by atoms with van der Waals surface area (Å²) < 4.78 is 0. The van der Waals surface area contributed by atoms with Crippen LogP contribution in [-0.2, 0) is 9.59 Å². The number of rotatable bonds is 3. The van der Waals surface area contributed by atoms with E-state index >= 15 is 0 Å². The van der Waals surface area contributed by atoms with Crippen LogP contribution in [0.1, 0.15) is 6.92 Å². The molecule has 0 aromatic carbocycles. The number of hydrogen-bond donors (Lipinski definition) is 2. The number of carboxylic acid groups (broad SMARTS) is 1. The molecule has 78 valence electrons. The van der Waals surface area contributed by atoms with Crippen LogP contribution in [0.25, 0.3) is 0 Å². The van der Waals surface area contributed by atoms with Gasteiger partial charge in [0.1, 0.15) is 0 Å². The molecule has 0 radical (unpaired) electrons. The monoisotopic (exact) mass is 198 g/mol. The van der Waals surface area contributed by atoms with Crippen LogP contribution in [0, 0.1) is 0 Å². The van der Waals surface area contributed by atoms with Crippen molar-refractivity contribution in [1.29, 1.82) is 0 Å². The van der Waals surface area contributed by atoms with Gasteiger partial charge in [-0.2, -0.15) is 0 Å². The van der Waals surface area contributed by atoms with Gasteiger partial charge in [0.05, 0.1) is 6.54 Å². The summed E-state index contributed by atoms with van der Waals surface area (Å²) in [6.07, 6.45) is 1.17. The molecule has 14 heavy (non-hydrogen) atoms. The highest BCUT2D eigenvalue weighted by atomic mass is 16.4. The Bertz CT molecular complexity index is 273. The zero-order valence-corrected chi connectivity index (χ0v) is 8.12. The largest absolute Gasteiger partial charge is 0.478 e. The number of piperazine rings is 1.